The van der Waals surface area contributed by atoms with Crippen LogP contribution in [0.4, 0.5) is 51.7 Å². The minimum Gasteiger partial charge on any atom is -0.311 e. The molecule has 8 heteroatoms. The number of para-hydroxylation sites is 4. The predicted molar refractivity (Wildman–Crippen MR) is 479 cm³/mol. The molecule has 0 aliphatic carbocycles. The van der Waals surface area contributed by atoms with Crippen molar-refractivity contribution < 1.29 is 17.6 Å². The maximum atomic E-state index is 13.5. The van der Waals surface area contributed by atoms with Crippen LogP contribution in [0.25, 0.3) is 144 Å². The van der Waals surface area contributed by atoms with E-state index in [1.807, 2.05) is 48.5 Å². The van der Waals surface area contributed by atoms with Gasteiger partial charge in [0.25, 0.3) is 0 Å². The van der Waals surface area contributed by atoms with Crippen LogP contribution in [-0.2, 0) is 6.18 Å². The average Bonchev–Trinajstić information content (AvgIpc) is 1.60. The number of nitrogens with zero attached hydrogens (tertiary/aromatic N) is 4. The van der Waals surface area contributed by atoms with Gasteiger partial charge in [-0.25, -0.2) is 4.39 Å². The van der Waals surface area contributed by atoms with Crippen LogP contribution in [0.3, 0.4) is 0 Å². The molecule has 0 N–H and O–H groups in total. The highest BCUT2D eigenvalue weighted by Crippen LogP contribution is 2.43. The van der Waals surface area contributed by atoms with Gasteiger partial charge in [-0.3, -0.25) is 0 Å². The molecule has 0 atom stereocenters. The first-order valence-electron chi connectivity index (χ1n) is 39.2. The Kier molecular flexibility index (Phi) is 19.4. The van der Waals surface area contributed by atoms with Gasteiger partial charge in [0.1, 0.15) is 5.82 Å². The molecular formula is C109H74F4N4. The van der Waals surface area contributed by atoms with E-state index < -0.39 is 11.7 Å². The van der Waals surface area contributed by atoms with Crippen molar-refractivity contribution in [3.05, 3.63) is 460 Å². The molecule has 2 aromatic heterocycles. The first-order chi connectivity index (χ1) is 57.5. The highest BCUT2D eigenvalue weighted by Gasteiger charge is 2.30. The van der Waals surface area contributed by atoms with Gasteiger partial charge in [0, 0.05) is 67.0 Å². The molecule has 0 aliphatic rings. The van der Waals surface area contributed by atoms with E-state index in [0.29, 0.717) is 0 Å². The number of hydrogen-bond acceptors (Lipinski definition) is 2. The summed E-state index contributed by atoms with van der Waals surface area (Å²) in [6, 6.07) is 154. The second-order valence-electron chi connectivity index (χ2n) is 29.3. The third-order valence-corrected chi connectivity index (χ3v) is 22.2. The van der Waals surface area contributed by atoms with Crippen molar-refractivity contribution in [3.63, 3.8) is 0 Å². The fourth-order valence-electron chi connectivity index (χ4n) is 16.2. The van der Waals surface area contributed by atoms with Crippen LogP contribution in [0.1, 0.15) is 5.56 Å². The molecule has 20 aromatic rings. The van der Waals surface area contributed by atoms with Gasteiger partial charge in [-0.15, -0.1) is 0 Å². The van der Waals surface area contributed by atoms with E-state index in [-0.39, 0.29) is 5.82 Å². The summed E-state index contributed by atoms with van der Waals surface area (Å²) in [6.45, 7) is 0. The fraction of sp³-hybridized carbons (Fsp3) is 0.00917. The van der Waals surface area contributed by atoms with E-state index in [0.717, 1.165) is 136 Å². The van der Waals surface area contributed by atoms with Crippen molar-refractivity contribution in [2.24, 2.45) is 0 Å². The van der Waals surface area contributed by atoms with Crippen molar-refractivity contribution in [1.29, 1.82) is 0 Å². The molecular weight excluding hydrogens is 1440 g/mol. The molecule has 558 valence electrons. The maximum absolute atomic E-state index is 13.5. The third kappa shape index (κ3) is 14.7. The zero-order chi connectivity index (χ0) is 78.8. The molecule has 0 spiro atoms. The summed E-state index contributed by atoms with van der Waals surface area (Å²) < 4.78 is 57.6. The van der Waals surface area contributed by atoms with Crippen LogP contribution in [0, 0.1) is 5.82 Å². The van der Waals surface area contributed by atoms with Gasteiger partial charge in [0.15, 0.2) is 0 Å². The lowest BCUT2D eigenvalue weighted by molar-refractivity contribution is -0.137. The molecule has 20 rings (SSSR count). The Labute approximate surface area is 676 Å². The number of hydrogen-bond donors (Lipinski definition) is 0. The number of halogens is 4. The highest BCUT2D eigenvalue weighted by molar-refractivity contribution is 6.10. The minimum atomic E-state index is -4.36. The van der Waals surface area contributed by atoms with Crippen LogP contribution in [0.15, 0.2) is 449 Å². The van der Waals surface area contributed by atoms with Gasteiger partial charge in [0.05, 0.1) is 27.6 Å². The molecule has 0 amide bonds. The first-order valence-corrected chi connectivity index (χ1v) is 39.2. The number of benzene rings is 18. The smallest absolute Gasteiger partial charge is 0.311 e. The second-order valence-corrected chi connectivity index (χ2v) is 29.3. The summed E-state index contributed by atoms with van der Waals surface area (Å²) in [4.78, 5) is 4.58. The molecule has 2 heterocycles. The van der Waals surface area contributed by atoms with E-state index in [2.05, 4.69) is 383 Å². The average molecular weight is 1520 g/mol. The number of fused-ring (bicyclic) bond motifs is 6. The molecule has 0 saturated carbocycles. The largest absolute Gasteiger partial charge is 0.416 e. The number of anilines is 6. The Morgan fingerprint density at radius 1 is 0.179 bits per heavy atom. The van der Waals surface area contributed by atoms with Gasteiger partial charge >= 0.3 is 6.18 Å². The van der Waals surface area contributed by atoms with E-state index in [1.165, 1.54) is 79.0 Å². The second kappa shape index (κ2) is 31.5. The minimum absolute atomic E-state index is 0.228. The van der Waals surface area contributed by atoms with Crippen molar-refractivity contribution in [2.45, 2.75) is 6.18 Å². The number of alkyl halides is 3. The van der Waals surface area contributed by atoms with Gasteiger partial charge in [-0.1, -0.05) is 303 Å². The van der Waals surface area contributed by atoms with E-state index in [4.69, 9.17) is 0 Å². The molecule has 0 radical (unpaired) electrons. The predicted octanol–water partition coefficient (Wildman–Crippen LogP) is 31.0. The topological polar surface area (TPSA) is 16.3 Å². The van der Waals surface area contributed by atoms with Crippen molar-refractivity contribution in [3.8, 4) is 100 Å². The van der Waals surface area contributed by atoms with Gasteiger partial charge in [-0.05, 0) is 235 Å². The maximum Gasteiger partial charge on any atom is 0.416 e. The van der Waals surface area contributed by atoms with Crippen LogP contribution in [-0.4, -0.2) is 9.13 Å². The normalized spacial score (nSPS) is 11.4. The summed E-state index contributed by atoms with van der Waals surface area (Å²) in [5, 5.41) is 4.99. The van der Waals surface area contributed by atoms with E-state index in [1.54, 1.807) is 0 Å². The quantitative estimate of drug-likeness (QED) is 0.0897. The summed E-state index contributed by atoms with van der Waals surface area (Å²) in [6.07, 6.45) is -4.36. The van der Waals surface area contributed by atoms with E-state index >= 15 is 0 Å². The molecule has 0 aliphatic heterocycles. The van der Waals surface area contributed by atoms with Crippen molar-refractivity contribution >= 4 is 77.7 Å². The summed E-state index contributed by atoms with van der Waals surface area (Å²) in [7, 11) is 0. The summed E-state index contributed by atoms with van der Waals surface area (Å²) in [5.41, 5.74) is 29.8. The lowest BCUT2D eigenvalue weighted by Gasteiger charge is -2.26. The molecule has 117 heavy (non-hydrogen) atoms. The Hall–Kier alpha value is -15.1. The van der Waals surface area contributed by atoms with Gasteiger partial charge in [0.2, 0.25) is 0 Å². The molecule has 18 aromatic carbocycles. The lowest BCUT2D eigenvalue weighted by atomic mass is 9.99. The Balaban J connectivity index is 0.000000156. The Morgan fingerprint density at radius 3 is 0.632 bits per heavy atom. The monoisotopic (exact) mass is 1510 g/mol. The molecule has 0 bridgehead atoms. The molecule has 0 fully saturated rings. The SMILES string of the molecule is FC(F)(F)c1ccc(-c2ccc(-c3ccc(N(c4ccc(-c5ccccc5)cc4)c4ccc(-c5cccc(-n6c7ccccc7c7ccccc76)c5)cc4)cc3)cc2)cc1.Fc1ccc(-c2ccc(-c3ccc(N(c4ccc(-c5ccccc5)cc4)c4ccc(-c5cccc(-n6c7ccccc7c7ccccc76)c5)cc4)cc3)cc2)cc1. The van der Waals surface area contributed by atoms with Gasteiger partial charge in [-0.2, -0.15) is 13.2 Å². The third-order valence-electron chi connectivity index (χ3n) is 22.2. The van der Waals surface area contributed by atoms with Crippen molar-refractivity contribution in [1.82, 2.24) is 9.13 Å². The zero-order valence-corrected chi connectivity index (χ0v) is 63.5. The fourth-order valence-corrected chi connectivity index (χ4v) is 16.2. The summed E-state index contributed by atoms with van der Waals surface area (Å²) >= 11 is 0. The van der Waals surface area contributed by atoms with Crippen LogP contribution in [0.2, 0.25) is 0 Å². The first kappa shape index (κ1) is 72.1. The van der Waals surface area contributed by atoms with Crippen LogP contribution < -0.4 is 9.80 Å². The Bertz CT molecular complexity index is 6780. The van der Waals surface area contributed by atoms with E-state index in [9.17, 15) is 17.6 Å². The van der Waals surface area contributed by atoms with Crippen LogP contribution >= 0.6 is 0 Å². The van der Waals surface area contributed by atoms with Crippen LogP contribution in [0.5, 0.6) is 0 Å². The highest BCUT2D eigenvalue weighted by atomic mass is 19.4. The van der Waals surface area contributed by atoms with Gasteiger partial charge < -0.3 is 18.9 Å². The zero-order valence-electron chi connectivity index (χ0n) is 63.5. The molecule has 4 nitrogen and oxygen atoms in total. The number of rotatable bonds is 16. The Morgan fingerprint density at radius 2 is 0.376 bits per heavy atom. The molecule has 0 unspecified atom stereocenters. The number of aromatic nitrogens is 2. The standard InChI is InChI=1S/C55H37F3N2.C54H37FN2/c56-55(57,58)46-29-21-41(22-30-46)39-17-19-40(20-18-39)43-25-33-48(34-26-43)59(47-31-23-42(24-32-47)38-9-2-1-3-10-38)49-35-27-44(28-36-49)45-11-8-12-50(37-45)60-53-15-6-4-13-51(53)52-14-5-7-16-54(52)60;55-46-29-21-41(22-30-46)39-17-19-40(20-18-39)43-25-33-48(34-26-43)56(47-31-23-42(24-32-47)38-9-2-1-3-10-38)49-35-27-44(28-36-49)45-11-8-12-50(37-45)57-53-15-6-4-13-51(53)52-14-5-7-16-54(52)57/h1-37H;1-37H. The molecule has 0 saturated heterocycles. The van der Waals surface area contributed by atoms with Crippen molar-refractivity contribution in [2.75, 3.05) is 9.80 Å². The summed E-state index contributed by atoms with van der Waals surface area (Å²) in [5.74, 6) is -0.228. The lowest BCUT2D eigenvalue weighted by Crippen LogP contribution is -2.09.